The van der Waals surface area contributed by atoms with Gasteiger partial charge in [-0.25, -0.2) is 0 Å². The van der Waals surface area contributed by atoms with Crippen molar-refractivity contribution < 1.29 is 28.6 Å². The second kappa shape index (κ2) is 69.8. The highest BCUT2D eigenvalue weighted by atomic mass is 16.6. The maximum absolute atomic E-state index is 12.9. The third kappa shape index (κ3) is 68.0. The zero-order chi connectivity index (χ0) is 59.9. The molecule has 470 valence electrons. The summed E-state index contributed by atoms with van der Waals surface area (Å²) in [6, 6.07) is 0. The van der Waals surface area contributed by atoms with E-state index in [-0.39, 0.29) is 38.0 Å². The first-order valence-electron chi connectivity index (χ1n) is 34.3. The minimum Gasteiger partial charge on any atom is -0.462 e. The number of rotatable bonds is 61. The molecule has 0 heterocycles. The second-order valence-corrected chi connectivity index (χ2v) is 22.3. The van der Waals surface area contributed by atoms with Gasteiger partial charge in [-0.3, -0.25) is 14.4 Å². The number of unbranched alkanes of at least 4 members (excludes halogenated alkanes) is 27. The van der Waals surface area contributed by atoms with Gasteiger partial charge in [-0.15, -0.1) is 0 Å². The lowest BCUT2D eigenvalue weighted by molar-refractivity contribution is -0.166. The summed E-state index contributed by atoms with van der Waals surface area (Å²) in [6.07, 6.45) is 100. The first-order valence-corrected chi connectivity index (χ1v) is 34.3. The molecule has 6 nitrogen and oxygen atoms in total. The van der Waals surface area contributed by atoms with Crippen molar-refractivity contribution in [2.75, 3.05) is 13.2 Å². The van der Waals surface area contributed by atoms with Crippen molar-refractivity contribution in [3.63, 3.8) is 0 Å². The zero-order valence-corrected chi connectivity index (χ0v) is 53.9. The van der Waals surface area contributed by atoms with Crippen molar-refractivity contribution in [1.29, 1.82) is 0 Å². The summed E-state index contributed by atoms with van der Waals surface area (Å²) < 4.78 is 16.8. The molecular formula is C77H126O6. The fraction of sp³-hybridized carbons (Fsp3) is 0.649. The molecule has 0 saturated heterocycles. The number of hydrogen-bond donors (Lipinski definition) is 0. The van der Waals surface area contributed by atoms with E-state index in [2.05, 4.69) is 154 Å². The van der Waals surface area contributed by atoms with E-state index in [1.54, 1.807) is 6.08 Å². The average molecular weight is 1150 g/mol. The lowest BCUT2D eigenvalue weighted by Gasteiger charge is -2.18. The summed E-state index contributed by atoms with van der Waals surface area (Å²) in [5, 5.41) is 0. The van der Waals surface area contributed by atoms with Gasteiger partial charge in [0.1, 0.15) is 13.2 Å². The highest BCUT2D eigenvalue weighted by Gasteiger charge is 2.19. The maximum Gasteiger partial charge on any atom is 0.309 e. The molecule has 0 fully saturated rings. The number of hydrogen-bond acceptors (Lipinski definition) is 6. The molecule has 0 aromatic heterocycles. The molecule has 0 aromatic rings. The van der Waals surface area contributed by atoms with Crippen molar-refractivity contribution in [2.45, 2.75) is 309 Å². The van der Waals surface area contributed by atoms with Crippen LogP contribution in [0.25, 0.3) is 0 Å². The highest BCUT2D eigenvalue weighted by molar-refractivity contribution is 5.72. The van der Waals surface area contributed by atoms with E-state index in [0.717, 1.165) is 122 Å². The molecule has 0 N–H and O–H groups in total. The molecule has 0 radical (unpaired) electrons. The van der Waals surface area contributed by atoms with Gasteiger partial charge in [-0.2, -0.15) is 0 Å². The van der Waals surface area contributed by atoms with Gasteiger partial charge in [-0.1, -0.05) is 308 Å². The van der Waals surface area contributed by atoms with Crippen LogP contribution < -0.4 is 0 Å². The Labute approximate surface area is 512 Å². The topological polar surface area (TPSA) is 78.9 Å². The number of allylic oxidation sites excluding steroid dienone is 23. The molecule has 0 aromatic carbocycles. The third-order valence-corrected chi connectivity index (χ3v) is 14.3. The van der Waals surface area contributed by atoms with Crippen LogP contribution in [0.3, 0.4) is 0 Å². The summed E-state index contributed by atoms with van der Waals surface area (Å²) >= 11 is 0. The molecule has 1 unspecified atom stereocenters. The van der Waals surface area contributed by atoms with Gasteiger partial charge in [0.2, 0.25) is 0 Å². The van der Waals surface area contributed by atoms with E-state index in [0.29, 0.717) is 6.42 Å². The van der Waals surface area contributed by atoms with Crippen molar-refractivity contribution in [3.8, 4) is 0 Å². The molecule has 0 rings (SSSR count). The van der Waals surface area contributed by atoms with Crippen molar-refractivity contribution in [3.05, 3.63) is 146 Å². The predicted molar refractivity (Wildman–Crippen MR) is 362 cm³/mol. The Hall–Kier alpha value is -4.71. The standard InChI is InChI=1S/C77H126O6/c1-4-7-10-13-16-19-22-25-28-30-32-34-36-37-38-39-41-42-44-46-49-52-55-58-61-64-67-70-76(79)82-73-74(72-81-75(78)69-66-63-60-57-54-51-48-27-24-21-18-15-12-9-6-3)83-77(80)71-68-65-62-59-56-53-50-47-45-43-40-35-33-31-29-26-23-20-17-14-11-8-5-2/h8-9,11-12,17-18,20-21,26-27,29-30,32-33,35,43,45,48,50,53-54,57,63,66,74H,4-7,10,13-16,19,22-25,28,31,34,36-42,44,46-47,49,51-52,55-56,58-62,64-65,67-73H2,1-3H3/b11-8-,12-9-,20-17-,21-18-,29-26-,32-30-,35-33-,45-43-,48-27-,53-50-,57-54-,66-63-. The monoisotopic (exact) mass is 1150 g/mol. The lowest BCUT2D eigenvalue weighted by atomic mass is 10.0. The van der Waals surface area contributed by atoms with Crippen molar-refractivity contribution >= 4 is 17.9 Å². The normalized spacial score (nSPS) is 13.0. The first kappa shape index (κ1) is 78.3. The lowest BCUT2D eigenvalue weighted by Crippen LogP contribution is -2.30. The Bertz CT molecular complexity index is 1800. The molecule has 0 aliphatic rings. The summed E-state index contributed by atoms with van der Waals surface area (Å²) in [7, 11) is 0. The summed E-state index contributed by atoms with van der Waals surface area (Å²) in [4.78, 5) is 38.3. The molecule has 0 aliphatic heterocycles. The summed E-state index contributed by atoms with van der Waals surface area (Å²) in [5.41, 5.74) is 0. The van der Waals surface area contributed by atoms with Crippen LogP contribution in [-0.2, 0) is 28.6 Å². The smallest absolute Gasteiger partial charge is 0.309 e. The Morgan fingerprint density at radius 2 is 0.518 bits per heavy atom. The molecule has 0 bridgehead atoms. The number of carbonyl (C=O) groups excluding carboxylic acids is 3. The number of esters is 3. The number of carbonyl (C=O) groups is 3. The second-order valence-electron chi connectivity index (χ2n) is 22.3. The van der Waals surface area contributed by atoms with Crippen molar-refractivity contribution in [2.24, 2.45) is 0 Å². The van der Waals surface area contributed by atoms with Crippen molar-refractivity contribution in [1.82, 2.24) is 0 Å². The summed E-state index contributed by atoms with van der Waals surface area (Å²) in [6.45, 7) is 6.32. The molecule has 6 heteroatoms. The Balaban J connectivity index is 4.43. The van der Waals surface area contributed by atoms with Gasteiger partial charge in [-0.05, 0) is 122 Å². The Morgan fingerprint density at radius 3 is 0.855 bits per heavy atom. The van der Waals surface area contributed by atoms with E-state index in [9.17, 15) is 14.4 Å². The predicted octanol–water partition coefficient (Wildman–Crippen LogP) is 23.9. The van der Waals surface area contributed by atoms with Crippen LogP contribution in [0.2, 0.25) is 0 Å². The van der Waals surface area contributed by atoms with Gasteiger partial charge in [0.15, 0.2) is 6.10 Å². The molecule has 1 atom stereocenters. The Morgan fingerprint density at radius 1 is 0.265 bits per heavy atom. The largest absolute Gasteiger partial charge is 0.462 e. The van der Waals surface area contributed by atoms with Gasteiger partial charge in [0, 0.05) is 12.8 Å². The quantitative estimate of drug-likeness (QED) is 0.0261. The maximum atomic E-state index is 12.9. The van der Waals surface area contributed by atoms with Crippen LogP contribution in [0.4, 0.5) is 0 Å². The molecule has 0 amide bonds. The van der Waals surface area contributed by atoms with Crippen LogP contribution in [0.1, 0.15) is 303 Å². The fourth-order valence-corrected chi connectivity index (χ4v) is 9.28. The molecule has 83 heavy (non-hydrogen) atoms. The van der Waals surface area contributed by atoms with Crippen LogP contribution >= 0.6 is 0 Å². The van der Waals surface area contributed by atoms with E-state index in [4.69, 9.17) is 14.2 Å². The highest BCUT2D eigenvalue weighted by Crippen LogP contribution is 2.16. The zero-order valence-electron chi connectivity index (χ0n) is 53.9. The van der Waals surface area contributed by atoms with E-state index in [1.807, 2.05) is 6.08 Å². The SMILES string of the molecule is CC/C=C\C/C=C\C/C=C\C/C=C\C/C=C\C/C=C\CCCCCCC(=O)OC(COC(=O)C/C=C\C/C=C\C/C=C\C/C=C\C/C=C\CC)COC(=O)CCCCCCCCCCCCCCCCC/C=C\CCCCCCCCCC. The molecule has 0 saturated carbocycles. The van der Waals surface area contributed by atoms with E-state index < -0.39 is 12.1 Å². The van der Waals surface area contributed by atoms with Gasteiger partial charge in [0.05, 0.1) is 6.42 Å². The van der Waals surface area contributed by atoms with E-state index >= 15 is 0 Å². The van der Waals surface area contributed by atoms with Gasteiger partial charge in [0.25, 0.3) is 0 Å². The average Bonchev–Trinajstić information content (AvgIpc) is 3.49. The number of ether oxygens (including phenoxy) is 3. The Kier molecular flexibility index (Phi) is 65.8. The van der Waals surface area contributed by atoms with Crippen LogP contribution in [0, 0.1) is 0 Å². The van der Waals surface area contributed by atoms with E-state index in [1.165, 1.54) is 141 Å². The minimum absolute atomic E-state index is 0.116. The van der Waals surface area contributed by atoms with Crippen LogP contribution in [0.15, 0.2) is 146 Å². The third-order valence-electron chi connectivity index (χ3n) is 14.3. The van der Waals surface area contributed by atoms with Gasteiger partial charge < -0.3 is 14.2 Å². The molecule has 0 aliphatic carbocycles. The fourth-order valence-electron chi connectivity index (χ4n) is 9.28. The van der Waals surface area contributed by atoms with Crippen LogP contribution in [0.5, 0.6) is 0 Å². The van der Waals surface area contributed by atoms with Gasteiger partial charge >= 0.3 is 17.9 Å². The first-order chi connectivity index (χ1) is 41.0. The minimum atomic E-state index is -0.839. The molecular weight excluding hydrogens is 1020 g/mol. The van der Waals surface area contributed by atoms with Crippen LogP contribution in [-0.4, -0.2) is 37.2 Å². The molecule has 0 spiro atoms. The summed E-state index contributed by atoms with van der Waals surface area (Å²) in [5.74, 6) is -1.08.